The molecule has 7 nitrogen and oxygen atoms in total. The van der Waals surface area contributed by atoms with Crippen molar-refractivity contribution in [3.05, 3.63) is 70.7 Å². The van der Waals surface area contributed by atoms with Crippen molar-refractivity contribution in [2.45, 2.75) is 5.16 Å². The Labute approximate surface area is 158 Å². The van der Waals surface area contributed by atoms with Crippen LogP contribution in [0.4, 0.5) is 10.1 Å². The third kappa shape index (κ3) is 4.14. The number of thioether (sulfide) groups is 1. The topological polar surface area (TPSA) is 90.1 Å². The van der Waals surface area contributed by atoms with Crippen LogP contribution in [0.5, 0.6) is 0 Å². The third-order valence-corrected chi connectivity index (χ3v) is 4.73. The van der Waals surface area contributed by atoms with E-state index in [1.807, 2.05) is 0 Å². The number of nitrogens with one attached hydrogen (secondary N) is 1. The summed E-state index contributed by atoms with van der Waals surface area (Å²) in [6.45, 7) is 0. The van der Waals surface area contributed by atoms with Crippen LogP contribution >= 0.6 is 11.8 Å². The number of carbonyl (C=O) groups is 1. The molecule has 3 aromatic rings. The van der Waals surface area contributed by atoms with E-state index in [9.17, 15) is 19.3 Å². The Hall–Kier alpha value is -3.20. The van der Waals surface area contributed by atoms with Crippen LogP contribution < -0.4 is 5.32 Å². The number of amides is 1. The summed E-state index contributed by atoms with van der Waals surface area (Å²) in [7, 11) is 1.55. The fraction of sp³-hybridized carbons (Fsp3) is 0.111. The highest BCUT2D eigenvalue weighted by atomic mass is 32.2. The lowest BCUT2D eigenvalue weighted by atomic mass is 10.1. The van der Waals surface area contributed by atoms with E-state index in [0.29, 0.717) is 22.1 Å². The number of nitro groups is 1. The van der Waals surface area contributed by atoms with Gasteiger partial charge in [-0.1, -0.05) is 23.9 Å². The van der Waals surface area contributed by atoms with Crippen LogP contribution in [0.15, 0.2) is 59.9 Å². The van der Waals surface area contributed by atoms with Crippen LogP contribution in [0.2, 0.25) is 0 Å². The van der Waals surface area contributed by atoms with Gasteiger partial charge in [0.1, 0.15) is 5.82 Å². The van der Waals surface area contributed by atoms with E-state index in [-0.39, 0.29) is 23.2 Å². The molecule has 0 unspecified atom stereocenters. The average molecular weight is 386 g/mol. The third-order valence-electron chi connectivity index (χ3n) is 3.78. The number of nitro benzene ring substituents is 1. The minimum atomic E-state index is -0.469. The number of benzene rings is 2. The first-order valence-electron chi connectivity index (χ1n) is 7.91. The minimum absolute atomic E-state index is 0.0427. The number of aromatic nitrogens is 2. The van der Waals surface area contributed by atoms with E-state index < -0.39 is 4.92 Å². The van der Waals surface area contributed by atoms with Crippen molar-refractivity contribution in [2.75, 3.05) is 12.8 Å². The highest BCUT2D eigenvalue weighted by molar-refractivity contribution is 7.99. The molecule has 0 fully saturated rings. The van der Waals surface area contributed by atoms with E-state index in [4.69, 9.17) is 0 Å². The highest BCUT2D eigenvalue weighted by Gasteiger charge is 2.17. The number of hydrogen-bond donors (Lipinski definition) is 1. The molecule has 0 radical (unpaired) electrons. The van der Waals surface area contributed by atoms with Gasteiger partial charge >= 0.3 is 0 Å². The molecule has 1 heterocycles. The summed E-state index contributed by atoms with van der Waals surface area (Å²) < 4.78 is 15.1. The van der Waals surface area contributed by atoms with Gasteiger partial charge < -0.3 is 5.32 Å². The second-order valence-corrected chi connectivity index (χ2v) is 6.45. The van der Waals surface area contributed by atoms with Gasteiger partial charge in [0.25, 0.3) is 5.69 Å². The van der Waals surface area contributed by atoms with Crippen LogP contribution in [0.1, 0.15) is 0 Å². The van der Waals surface area contributed by atoms with Crippen molar-refractivity contribution >= 4 is 23.4 Å². The van der Waals surface area contributed by atoms with Crippen molar-refractivity contribution in [2.24, 2.45) is 0 Å². The second kappa shape index (κ2) is 8.00. The molecule has 1 amide bonds. The summed E-state index contributed by atoms with van der Waals surface area (Å²) in [4.78, 5) is 26.6. The largest absolute Gasteiger partial charge is 0.358 e. The molecule has 0 bridgehead atoms. The Balaban J connectivity index is 2.09. The summed E-state index contributed by atoms with van der Waals surface area (Å²) >= 11 is 1.22. The first-order chi connectivity index (χ1) is 13.0. The van der Waals surface area contributed by atoms with Crippen LogP contribution in [0, 0.1) is 15.9 Å². The molecule has 0 aliphatic heterocycles. The zero-order valence-electron chi connectivity index (χ0n) is 14.3. The normalized spacial score (nSPS) is 10.6. The van der Waals surface area contributed by atoms with Gasteiger partial charge in [-0.05, 0) is 24.3 Å². The zero-order valence-corrected chi connectivity index (χ0v) is 15.1. The van der Waals surface area contributed by atoms with Crippen molar-refractivity contribution < 1.29 is 14.1 Å². The Bertz CT molecular complexity index is 989. The van der Waals surface area contributed by atoms with Gasteiger partial charge in [-0.3, -0.25) is 19.5 Å². The van der Waals surface area contributed by atoms with E-state index in [0.717, 1.165) is 0 Å². The van der Waals surface area contributed by atoms with Crippen LogP contribution in [0.3, 0.4) is 0 Å². The molecule has 0 aliphatic rings. The Morgan fingerprint density at radius 1 is 1.30 bits per heavy atom. The van der Waals surface area contributed by atoms with E-state index in [2.05, 4.69) is 10.3 Å². The van der Waals surface area contributed by atoms with Crippen LogP contribution in [-0.4, -0.2) is 33.2 Å². The van der Waals surface area contributed by atoms with Crippen molar-refractivity contribution in [1.29, 1.82) is 0 Å². The van der Waals surface area contributed by atoms with Gasteiger partial charge in [0.15, 0.2) is 5.16 Å². The second-order valence-electron chi connectivity index (χ2n) is 5.51. The minimum Gasteiger partial charge on any atom is -0.358 e. The molecule has 1 aromatic heterocycles. The van der Waals surface area contributed by atoms with E-state index in [1.54, 1.807) is 42.1 Å². The molecule has 0 spiro atoms. The summed E-state index contributed by atoms with van der Waals surface area (Å²) in [6.07, 6.45) is 1.58. The summed E-state index contributed by atoms with van der Waals surface area (Å²) in [5.74, 6) is -0.385. The predicted octanol–water partition coefficient (Wildman–Crippen LogP) is 3.42. The molecular formula is C18H15FN4O3S. The summed E-state index contributed by atoms with van der Waals surface area (Å²) in [5, 5.41) is 14.1. The van der Waals surface area contributed by atoms with Gasteiger partial charge in [0.05, 0.1) is 22.6 Å². The average Bonchev–Trinajstić information content (AvgIpc) is 3.10. The number of hydrogen-bond acceptors (Lipinski definition) is 5. The zero-order chi connectivity index (χ0) is 19.4. The van der Waals surface area contributed by atoms with Gasteiger partial charge in [-0.2, -0.15) is 0 Å². The Morgan fingerprint density at radius 3 is 2.70 bits per heavy atom. The lowest BCUT2D eigenvalue weighted by Crippen LogP contribution is -2.20. The molecule has 138 valence electrons. The van der Waals surface area contributed by atoms with Crippen molar-refractivity contribution in [3.8, 4) is 16.9 Å². The number of rotatable bonds is 6. The first kappa shape index (κ1) is 18.6. The fourth-order valence-corrected chi connectivity index (χ4v) is 3.33. The van der Waals surface area contributed by atoms with Gasteiger partial charge in [0, 0.05) is 30.4 Å². The Kier molecular flexibility index (Phi) is 5.51. The van der Waals surface area contributed by atoms with E-state index >= 15 is 0 Å². The maximum Gasteiger partial charge on any atom is 0.270 e. The maximum absolute atomic E-state index is 13.3. The smallest absolute Gasteiger partial charge is 0.270 e. The lowest BCUT2D eigenvalue weighted by Gasteiger charge is -2.12. The number of non-ortho nitro benzene ring substituents is 1. The monoisotopic (exact) mass is 386 g/mol. The van der Waals surface area contributed by atoms with Gasteiger partial charge in [0.2, 0.25) is 5.91 Å². The Morgan fingerprint density at radius 2 is 2.04 bits per heavy atom. The van der Waals surface area contributed by atoms with Crippen LogP contribution in [-0.2, 0) is 4.79 Å². The van der Waals surface area contributed by atoms with E-state index in [1.165, 1.54) is 36.0 Å². The molecule has 2 aromatic carbocycles. The van der Waals surface area contributed by atoms with Gasteiger partial charge in [-0.25, -0.2) is 9.37 Å². The SMILES string of the molecule is CNC(=O)CSc1ncc(-c2cccc([N+](=O)[O-])c2)n1-c1ccc(F)cc1. The molecule has 0 aliphatic carbocycles. The quantitative estimate of drug-likeness (QED) is 0.398. The maximum atomic E-state index is 13.3. The number of imidazole rings is 1. The number of halogens is 1. The lowest BCUT2D eigenvalue weighted by molar-refractivity contribution is -0.384. The van der Waals surface area contributed by atoms with Gasteiger partial charge in [-0.15, -0.1) is 0 Å². The molecular weight excluding hydrogens is 371 g/mol. The standard InChI is InChI=1S/C18H15FN4O3S/c1-20-17(24)11-27-18-21-10-16(12-3-2-4-15(9-12)23(25)26)22(18)14-7-5-13(19)6-8-14/h2-10H,11H2,1H3,(H,20,24). The number of nitrogens with zero attached hydrogens (tertiary/aromatic N) is 3. The van der Waals surface area contributed by atoms with Crippen LogP contribution in [0.25, 0.3) is 16.9 Å². The molecule has 9 heteroatoms. The highest BCUT2D eigenvalue weighted by Crippen LogP contribution is 2.31. The molecule has 0 atom stereocenters. The summed E-state index contributed by atoms with van der Waals surface area (Å²) in [6, 6.07) is 12.0. The first-order valence-corrected chi connectivity index (χ1v) is 8.90. The predicted molar refractivity (Wildman–Crippen MR) is 100 cm³/mol. The summed E-state index contributed by atoms with van der Waals surface area (Å²) in [5.41, 5.74) is 1.78. The molecule has 1 N–H and O–H groups in total. The van der Waals surface area contributed by atoms with Crippen molar-refractivity contribution in [3.63, 3.8) is 0 Å². The molecule has 27 heavy (non-hydrogen) atoms. The molecule has 0 saturated heterocycles. The molecule has 0 saturated carbocycles. The fourth-order valence-electron chi connectivity index (χ4n) is 2.46. The molecule has 3 rings (SSSR count). The number of carbonyl (C=O) groups excluding carboxylic acids is 1. The van der Waals surface area contributed by atoms with Crippen molar-refractivity contribution in [1.82, 2.24) is 14.9 Å².